The molecule has 0 radical (unpaired) electrons. The molecular formula is C9H20NO2+. The molecule has 0 rings (SSSR count). The van der Waals surface area contributed by atoms with Gasteiger partial charge in [0, 0.05) is 5.57 Å². The lowest BCUT2D eigenvalue weighted by Crippen LogP contribution is -2.33. The van der Waals surface area contributed by atoms with Crippen LogP contribution in [0.3, 0.4) is 0 Å². The van der Waals surface area contributed by atoms with Crippen molar-refractivity contribution in [2.75, 3.05) is 27.7 Å². The summed E-state index contributed by atoms with van der Waals surface area (Å²) in [6.45, 7) is 7.99. The van der Waals surface area contributed by atoms with Gasteiger partial charge >= 0.3 is 5.97 Å². The highest BCUT2D eigenvalue weighted by molar-refractivity contribution is 5.84. The first kappa shape index (κ1) is 13.7. The molecule has 0 aliphatic heterocycles. The summed E-state index contributed by atoms with van der Waals surface area (Å²) in [5, 5.41) is 7.89. The Morgan fingerprint density at radius 2 is 1.58 bits per heavy atom. The minimum absolute atomic E-state index is 0.176. The van der Waals surface area contributed by atoms with E-state index in [0.717, 1.165) is 4.48 Å². The summed E-state index contributed by atoms with van der Waals surface area (Å²) in [4.78, 5) is 9.60. The predicted molar refractivity (Wildman–Crippen MR) is 51.0 cm³/mol. The van der Waals surface area contributed by atoms with Crippen LogP contribution in [0.1, 0.15) is 13.8 Å². The SMILES string of the molecule is C=C(C)C(=O)O.CC[N+](C)(C)C. The summed E-state index contributed by atoms with van der Waals surface area (Å²) in [5.74, 6) is -0.935. The van der Waals surface area contributed by atoms with E-state index in [0.29, 0.717) is 0 Å². The van der Waals surface area contributed by atoms with Gasteiger partial charge in [0.05, 0.1) is 27.7 Å². The third kappa shape index (κ3) is 16.1. The van der Waals surface area contributed by atoms with Gasteiger partial charge in [-0.2, -0.15) is 0 Å². The van der Waals surface area contributed by atoms with Gasteiger partial charge in [0.15, 0.2) is 0 Å². The molecule has 0 atom stereocenters. The predicted octanol–water partition coefficient (Wildman–Crippen LogP) is 1.36. The number of carbonyl (C=O) groups is 1. The molecule has 0 saturated carbocycles. The molecule has 3 nitrogen and oxygen atoms in total. The van der Waals surface area contributed by atoms with E-state index in [1.165, 1.54) is 13.5 Å². The van der Waals surface area contributed by atoms with E-state index in [1.54, 1.807) is 0 Å². The molecule has 0 unspecified atom stereocenters. The fourth-order valence-electron chi connectivity index (χ4n) is 0. The maximum atomic E-state index is 9.60. The Balaban J connectivity index is 0. The number of quaternary nitrogens is 1. The second-order valence-electron chi connectivity index (χ2n) is 3.69. The third-order valence-electron chi connectivity index (χ3n) is 1.31. The normalized spacial score (nSPS) is 9.75. The van der Waals surface area contributed by atoms with Gasteiger partial charge in [-0.25, -0.2) is 4.79 Å². The topological polar surface area (TPSA) is 37.3 Å². The molecule has 0 aromatic carbocycles. The molecule has 0 fully saturated rings. The number of carboxylic acids is 1. The molecule has 3 heteroatoms. The fraction of sp³-hybridized carbons (Fsp3) is 0.667. The Morgan fingerprint density at radius 1 is 1.42 bits per heavy atom. The molecule has 0 aromatic rings. The quantitative estimate of drug-likeness (QED) is 0.507. The molecule has 0 aromatic heterocycles. The van der Waals surface area contributed by atoms with E-state index >= 15 is 0 Å². The van der Waals surface area contributed by atoms with Crippen molar-refractivity contribution in [3.05, 3.63) is 12.2 Å². The van der Waals surface area contributed by atoms with Crippen LogP contribution in [-0.2, 0) is 4.79 Å². The first-order valence-corrected chi connectivity index (χ1v) is 3.90. The van der Waals surface area contributed by atoms with Crippen molar-refractivity contribution in [3.8, 4) is 0 Å². The van der Waals surface area contributed by atoms with Crippen LogP contribution in [0.2, 0.25) is 0 Å². The molecule has 0 amide bonds. The summed E-state index contributed by atoms with van der Waals surface area (Å²) < 4.78 is 1.07. The van der Waals surface area contributed by atoms with Crippen molar-refractivity contribution in [3.63, 3.8) is 0 Å². The highest BCUT2D eigenvalue weighted by atomic mass is 16.4. The van der Waals surface area contributed by atoms with Crippen LogP contribution in [0.25, 0.3) is 0 Å². The first-order chi connectivity index (χ1) is 5.20. The highest BCUT2D eigenvalue weighted by Gasteiger charge is 1.97. The van der Waals surface area contributed by atoms with E-state index in [-0.39, 0.29) is 5.57 Å². The molecule has 0 bridgehead atoms. The Morgan fingerprint density at radius 3 is 1.58 bits per heavy atom. The van der Waals surface area contributed by atoms with Crippen molar-refractivity contribution < 1.29 is 14.4 Å². The van der Waals surface area contributed by atoms with Gasteiger partial charge < -0.3 is 9.59 Å². The van der Waals surface area contributed by atoms with E-state index in [9.17, 15) is 4.79 Å². The van der Waals surface area contributed by atoms with Crippen molar-refractivity contribution in [2.24, 2.45) is 0 Å². The lowest BCUT2D eigenvalue weighted by molar-refractivity contribution is -0.868. The molecule has 0 heterocycles. The van der Waals surface area contributed by atoms with Gasteiger partial charge in [-0.1, -0.05) is 6.58 Å². The van der Waals surface area contributed by atoms with E-state index in [1.807, 2.05) is 0 Å². The maximum Gasteiger partial charge on any atom is 0.330 e. The molecule has 0 saturated heterocycles. The third-order valence-corrected chi connectivity index (χ3v) is 1.31. The van der Waals surface area contributed by atoms with Gasteiger partial charge in [-0.15, -0.1) is 0 Å². The smallest absolute Gasteiger partial charge is 0.330 e. The van der Waals surface area contributed by atoms with Gasteiger partial charge in [0.25, 0.3) is 0 Å². The van der Waals surface area contributed by atoms with Crippen LogP contribution in [0.15, 0.2) is 12.2 Å². The molecular weight excluding hydrogens is 154 g/mol. The van der Waals surface area contributed by atoms with Crippen molar-refractivity contribution >= 4 is 5.97 Å². The second kappa shape index (κ2) is 5.77. The lowest BCUT2D eigenvalue weighted by Gasteiger charge is -2.20. The fourth-order valence-corrected chi connectivity index (χ4v) is 0. The van der Waals surface area contributed by atoms with Crippen LogP contribution in [-0.4, -0.2) is 43.2 Å². The number of hydrogen-bond acceptors (Lipinski definition) is 1. The average Bonchev–Trinajstić information content (AvgIpc) is 1.87. The Labute approximate surface area is 74.9 Å². The van der Waals surface area contributed by atoms with E-state index in [4.69, 9.17) is 5.11 Å². The lowest BCUT2D eigenvalue weighted by atomic mass is 10.4. The Kier molecular flexibility index (Phi) is 6.61. The maximum absolute atomic E-state index is 9.60. The molecule has 0 aliphatic carbocycles. The van der Waals surface area contributed by atoms with Crippen molar-refractivity contribution in [2.45, 2.75) is 13.8 Å². The first-order valence-electron chi connectivity index (χ1n) is 3.90. The summed E-state index contributed by atoms with van der Waals surface area (Å²) in [5.41, 5.74) is 0.176. The highest BCUT2D eigenvalue weighted by Crippen LogP contribution is 1.83. The number of hydrogen-bond donors (Lipinski definition) is 1. The van der Waals surface area contributed by atoms with Crippen LogP contribution >= 0.6 is 0 Å². The number of carboxylic acid groups (broad SMARTS) is 1. The Hall–Kier alpha value is -0.830. The zero-order valence-corrected chi connectivity index (χ0v) is 8.72. The van der Waals surface area contributed by atoms with Crippen LogP contribution < -0.4 is 0 Å². The molecule has 0 spiro atoms. The van der Waals surface area contributed by atoms with Gasteiger partial charge in [0.1, 0.15) is 0 Å². The van der Waals surface area contributed by atoms with Crippen LogP contribution in [0.4, 0.5) is 0 Å². The van der Waals surface area contributed by atoms with Gasteiger partial charge in [0.2, 0.25) is 0 Å². The summed E-state index contributed by atoms with van der Waals surface area (Å²) in [6, 6.07) is 0. The average molecular weight is 174 g/mol. The molecule has 12 heavy (non-hydrogen) atoms. The number of nitrogens with zero attached hydrogens (tertiary/aromatic N) is 1. The van der Waals surface area contributed by atoms with Crippen molar-refractivity contribution in [1.82, 2.24) is 0 Å². The largest absolute Gasteiger partial charge is 0.478 e. The van der Waals surface area contributed by atoms with Gasteiger partial charge in [-0.3, -0.25) is 0 Å². The molecule has 1 N–H and O–H groups in total. The zero-order valence-electron chi connectivity index (χ0n) is 8.72. The summed E-state index contributed by atoms with van der Waals surface area (Å²) in [7, 11) is 6.54. The zero-order chi connectivity index (χ0) is 10.4. The summed E-state index contributed by atoms with van der Waals surface area (Å²) in [6.07, 6.45) is 0. The number of aliphatic carboxylic acids is 1. The van der Waals surface area contributed by atoms with Crippen molar-refractivity contribution in [1.29, 1.82) is 0 Å². The van der Waals surface area contributed by atoms with Crippen LogP contribution in [0.5, 0.6) is 0 Å². The molecule has 72 valence electrons. The van der Waals surface area contributed by atoms with E-state index < -0.39 is 5.97 Å². The van der Waals surface area contributed by atoms with E-state index in [2.05, 4.69) is 34.6 Å². The second-order valence-corrected chi connectivity index (χ2v) is 3.69. The minimum Gasteiger partial charge on any atom is -0.478 e. The standard InChI is InChI=1S/C5H14N.C4H6O2/c1-5-6(2,3)4;1-3(2)4(5)6/h5H2,1-4H3;1H2,2H3,(H,5,6)/q+1;. The monoisotopic (exact) mass is 174 g/mol. The molecule has 0 aliphatic rings. The van der Waals surface area contributed by atoms with Gasteiger partial charge in [-0.05, 0) is 13.8 Å². The van der Waals surface area contributed by atoms with Crippen LogP contribution in [0, 0.1) is 0 Å². The summed E-state index contributed by atoms with van der Waals surface area (Å²) >= 11 is 0. The Bertz CT molecular complexity index is 144. The number of rotatable bonds is 2. The minimum atomic E-state index is -0.935.